The molecule has 0 radical (unpaired) electrons. The third-order valence-corrected chi connectivity index (χ3v) is 3.28. The second-order valence-corrected chi connectivity index (χ2v) is 4.77. The van der Waals surface area contributed by atoms with Gasteiger partial charge in [0.2, 0.25) is 0 Å². The van der Waals surface area contributed by atoms with Crippen LogP contribution in [0.15, 0.2) is 42.5 Å². The molecule has 0 fully saturated rings. The van der Waals surface area contributed by atoms with Crippen LogP contribution >= 0.6 is 0 Å². The SMILES string of the molecule is COc1ccccc1CC(=O)Cc1cc(F)ccc1C. The quantitative estimate of drug-likeness (QED) is 0.832. The number of hydrogen-bond donors (Lipinski definition) is 0. The van der Waals surface area contributed by atoms with E-state index in [-0.39, 0.29) is 18.0 Å². The molecule has 0 aliphatic heterocycles. The number of Topliss-reactive ketones (excluding diaryl/α,β-unsaturated/α-hetero) is 1. The molecule has 0 N–H and O–H groups in total. The first-order valence-electron chi connectivity index (χ1n) is 6.49. The molecule has 0 saturated carbocycles. The van der Waals surface area contributed by atoms with Crippen molar-refractivity contribution in [2.24, 2.45) is 0 Å². The Morgan fingerprint density at radius 3 is 2.55 bits per heavy atom. The van der Waals surface area contributed by atoms with E-state index in [0.717, 1.165) is 16.7 Å². The van der Waals surface area contributed by atoms with Crippen LogP contribution in [0.4, 0.5) is 4.39 Å². The molecular weight excluding hydrogens is 255 g/mol. The van der Waals surface area contributed by atoms with Crippen LogP contribution in [0.25, 0.3) is 0 Å². The van der Waals surface area contributed by atoms with Gasteiger partial charge in [0, 0.05) is 18.4 Å². The second kappa shape index (κ2) is 6.33. The first-order chi connectivity index (χ1) is 9.60. The van der Waals surface area contributed by atoms with Gasteiger partial charge in [-0.1, -0.05) is 24.3 Å². The highest BCUT2D eigenvalue weighted by molar-refractivity contribution is 5.84. The van der Waals surface area contributed by atoms with Crippen LogP contribution in [-0.2, 0) is 17.6 Å². The van der Waals surface area contributed by atoms with Gasteiger partial charge in [0.25, 0.3) is 0 Å². The number of carbonyl (C=O) groups excluding carboxylic acids is 1. The minimum absolute atomic E-state index is 0.0446. The molecule has 0 spiro atoms. The van der Waals surface area contributed by atoms with Gasteiger partial charge in [-0.2, -0.15) is 0 Å². The number of carbonyl (C=O) groups is 1. The Kier molecular flexibility index (Phi) is 4.51. The molecular formula is C17H17FO2. The standard InChI is InChI=1S/C17H17FO2/c1-12-7-8-15(18)9-14(12)11-16(19)10-13-5-3-4-6-17(13)20-2/h3-9H,10-11H2,1-2H3. The Morgan fingerprint density at radius 1 is 1.10 bits per heavy atom. The predicted molar refractivity (Wildman–Crippen MR) is 76.5 cm³/mol. The number of ether oxygens (including phenoxy) is 1. The van der Waals surface area contributed by atoms with Crippen molar-refractivity contribution < 1.29 is 13.9 Å². The maximum Gasteiger partial charge on any atom is 0.141 e. The van der Waals surface area contributed by atoms with E-state index in [1.807, 2.05) is 31.2 Å². The third-order valence-electron chi connectivity index (χ3n) is 3.28. The maximum absolute atomic E-state index is 13.2. The highest BCUT2D eigenvalue weighted by atomic mass is 19.1. The zero-order chi connectivity index (χ0) is 14.5. The molecule has 0 amide bonds. The molecule has 0 aliphatic rings. The molecule has 2 nitrogen and oxygen atoms in total. The highest BCUT2D eigenvalue weighted by Gasteiger charge is 2.11. The fraction of sp³-hybridized carbons (Fsp3) is 0.235. The smallest absolute Gasteiger partial charge is 0.141 e. The molecule has 0 aliphatic carbocycles. The minimum Gasteiger partial charge on any atom is -0.496 e. The fourth-order valence-electron chi connectivity index (χ4n) is 2.17. The predicted octanol–water partition coefficient (Wildman–Crippen LogP) is 3.50. The van der Waals surface area contributed by atoms with Gasteiger partial charge in [-0.3, -0.25) is 4.79 Å². The number of hydrogen-bond acceptors (Lipinski definition) is 2. The summed E-state index contributed by atoms with van der Waals surface area (Å²) < 4.78 is 18.4. The third kappa shape index (κ3) is 3.44. The molecule has 3 heteroatoms. The summed E-state index contributed by atoms with van der Waals surface area (Å²) in [5, 5.41) is 0. The minimum atomic E-state index is -0.310. The van der Waals surface area contributed by atoms with Crippen molar-refractivity contribution in [1.82, 2.24) is 0 Å². The first-order valence-corrected chi connectivity index (χ1v) is 6.49. The number of aryl methyl sites for hydroxylation is 1. The highest BCUT2D eigenvalue weighted by Crippen LogP contribution is 2.19. The molecule has 0 bridgehead atoms. The van der Waals surface area contributed by atoms with Crippen molar-refractivity contribution in [2.45, 2.75) is 19.8 Å². The van der Waals surface area contributed by atoms with E-state index in [4.69, 9.17) is 4.74 Å². The van der Waals surface area contributed by atoms with E-state index in [0.29, 0.717) is 12.2 Å². The average molecular weight is 272 g/mol. The fourth-order valence-corrected chi connectivity index (χ4v) is 2.17. The van der Waals surface area contributed by atoms with Gasteiger partial charge in [-0.15, -0.1) is 0 Å². The molecule has 2 aromatic rings. The number of benzene rings is 2. The Hall–Kier alpha value is -2.16. The lowest BCUT2D eigenvalue weighted by molar-refractivity contribution is -0.117. The van der Waals surface area contributed by atoms with Crippen molar-refractivity contribution >= 4 is 5.78 Å². The Morgan fingerprint density at radius 2 is 1.80 bits per heavy atom. The number of methoxy groups -OCH3 is 1. The lowest BCUT2D eigenvalue weighted by Crippen LogP contribution is -2.08. The topological polar surface area (TPSA) is 26.3 Å². The number of halogens is 1. The van der Waals surface area contributed by atoms with Crippen molar-refractivity contribution in [3.63, 3.8) is 0 Å². The van der Waals surface area contributed by atoms with Crippen molar-refractivity contribution in [3.8, 4) is 5.75 Å². The number of rotatable bonds is 5. The van der Waals surface area contributed by atoms with E-state index in [1.165, 1.54) is 12.1 Å². The molecule has 0 saturated heterocycles. The van der Waals surface area contributed by atoms with E-state index >= 15 is 0 Å². The van der Waals surface area contributed by atoms with Gasteiger partial charge in [0.05, 0.1) is 7.11 Å². The van der Waals surface area contributed by atoms with Crippen LogP contribution in [0.2, 0.25) is 0 Å². The zero-order valence-electron chi connectivity index (χ0n) is 11.7. The summed E-state index contributed by atoms with van der Waals surface area (Å²) in [6.45, 7) is 1.88. The monoisotopic (exact) mass is 272 g/mol. The van der Waals surface area contributed by atoms with Gasteiger partial charge in [0.15, 0.2) is 0 Å². The normalized spacial score (nSPS) is 10.3. The average Bonchev–Trinajstić information content (AvgIpc) is 2.43. The van der Waals surface area contributed by atoms with Gasteiger partial charge in [-0.05, 0) is 36.2 Å². The van der Waals surface area contributed by atoms with E-state index in [2.05, 4.69) is 0 Å². The van der Waals surface area contributed by atoms with Gasteiger partial charge >= 0.3 is 0 Å². The van der Waals surface area contributed by atoms with Crippen molar-refractivity contribution in [2.75, 3.05) is 7.11 Å². The second-order valence-electron chi connectivity index (χ2n) is 4.77. The van der Waals surface area contributed by atoms with Crippen molar-refractivity contribution in [1.29, 1.82) is 0 Å². The number of para-hydroxylation sites is 1. The van der Waals surface area contributed by atoms with E-state index in [1.54, 1.807) is 13.2 Å². The van der Waals surface area contributed by atoms with E-state index < -0.39 is 0 Å². The van der Waals surface area contributed by atoms with Gasteiger partial charge < -0.3 is 4.74 Å². The Bertz CT molecular complexity index is 620. The Labute approximate surface area is 118 Å². The lowest BCUT2D eigenvalue weighted by atomic mass is 9.99. The summed E-state index contributed by atoms with van der Waals surface area (Å²) >= 11 is 0. The lowest BCUT2D eigenvalue weighted by Gasteiger charge is -2.08. The van der Waals surface area contributed by atoms with Crippen LogP contribution < -0.4 is 4.74 Å². The van der Waals surface area contributed by atoms with Crippen LogP contribution in [0.1, 0.15) is 16.7 Å². The summed E-state index contributed by atoms with van der Waals surface area (Å²) in [4.78, 5) is 12.1. The first kappa shape index (κ1) is 14.3. The zero-order valence-corrected chi connectivity index (χ0v) is 11.7. The molecule has 0 heterocycles. The molecule has 2 rings (SSSR count). The molecule has 20 heavy (non-hydrogen) atoms. The van der Waals surface area contributed by atoms with Crippen LogP contribution in [-0.4, -0.2) is 12.9 Å². The summed E-state index contributed by atoms with van der Waals surface area (Å²) in [7, 11) is 1.58. The van der Waals surface area contributed by atoms with E-state index in [9.17, 15) is 9.18 Å². The molecule has 2 aromatic carbocycles. The molecule has 0 aromatic heterocycles. The summed E-state index contributed by atoms with van der Waals surface area (Å²) in [6, 6.07) is 12.0. The van der Waals surface area contributed by atoms with Gasteiger partial charge in [0.1, 0.15) is 17.3 Å². The number of ketones is 1. The summed E-state index contributed by atoms with van der Waals surface area (Å²) in [5.74, 6) is 0.440. The Balaban J connectivity index is 2.11. The maximum atomic E-state index is 13.2. The molecule has 104 valence electrons. The summed E-state index contributed by atoms with van der Waals surface area (Å²) in [6.07, 6.45) is 0.529. The van der Waals surface area contributed by atoms with Gasteiger partial charge in [-0.25, -0.2) is 4.39 Å². The van der Waals surface area contributed by atoms with Crippen LogP contribution in [0.3, 0.4) is 0 Å². The van der Waals surface area contributed by atoms with Crippen LogP contribution in [0, 0.1) is 12.7 Å². The molecule has 0 unspecified atom stereocenters. The van der Waals surface area contributed by atoms with Crippen LogP contribution in [0.5, 0.6) is 5.75 Å². The largest absolute Gasteiger partial charge is 0.496 e. The van der Waals surface area contributed by atoms with Crippen molar-refractivity contribution in [3.05, 3.63) is 65.0 Å². The molecule has 0 atom stereocenters. The summed E-state index contributed by atoms with van der Waals surface area (Å²) in [5.41, 5.74) is 2.53.